The molecule has 2 heterocycles. The Morgan fingerprint density at radius 3 is 2.80 bits per heavy atom. The summed E-state index contributed by atoms with van der Waals surface area (Å²) < 4.78 is 6.09. The summed E-state index contributed by atoms with van der Waals surface area (Å²) in [6.45, 7) is 1.99. The minimum absolute atomic E-state index is 0.260. The van der Waals surface area contributed by atoms with Gasteiger partial charge in [-0.2, -0.15) is 0 Å². The fourth-order valence-electron chi connectivity index (χ4n) is 1.41. The van der Waals surface area contributed by atoms with Crippen molar-refractivity contribution >= 4 is 15.9 Å². The van der Waals surface area contributed by atoms with Crippen molar-refractivity contribution in [2.75, 3.05) is 0 Å². The molecule has 2 N–H and O–H groups in total. The third-order valence-corrected chi connectivity index (χ3v) is 2.58. The molecule has 2 aromatic rings. The second kappa shape index (κ2) is 4.16. The number of aryl methyl sites for hydroxylation is 1. The molecular weight excluding hydrogens is 256 g/mol. The summed E-state index contributed by atoms with van der Waals surface area (Å²) in [5.74, 6) is 0.731. The first kappa shape index (κ1) is 10.4. The Bertz CT molecular complexity index is 467. The van der Waals surface area contributed by atoms with Crippen LogP contribution in [0.4, 0.5) is 0 Å². The maximum Gasteiger partial charge on any atom is 0.169 e. The standard InChI is InChI=1S/C11H11BrN2O/c1-7-4-8(6-14-5-7)11(13)9-2-3-10(12)15-9/h2-6,11H,13H2,1H3. The molecule has 15 heavy (non-hydrogen) atoms. The Morgan fingerprint density at radius 2 is 2.20 bits per heavy atom. The predicted octanol–water partition coefficient (Wildman–Crippen LogP) is 2.79. The van der Waals surface area contributed by atoms with Crippen LogP contribution >= 0.6 is 15.9 Å². The summed E-state index contributed by atoms with van der Waals surface area (Å²) in [6, 6.07) is 5.44. The van der Waals surface area contributed by atoms with Gasteiger partial charge in [-0.05, 0) is 46.1 Å². The first-order chi connectivity index (χ1) is 7.16. The van der Waals surface area contributed by atoms with E-state index >= 15 is 0 Å². The lowest BCUT2D eigenvalue weighted by Crippen LogP contribution is -2.11. The zero-order valence-electron chi connectivity index (χ0n) is 8.27. The number of aromatic nitrogens is 1. The van der Waals surface area contributed by atoms with Crippen LogP contribution in [0.5, 0.6) is 0 Å². The lowest BCUT2D eigenvalue weighted by Gasteiger charge is -2.08. The van der Waals surface area contributed by atoms with Gasteiger partial charge in [0.15, 0.2) is 4.67 Å². The van der Waals surface area contributed by atoms with E-state index in [1.54, 1.807) is 12.4 Å². The summed E-state index contributed by atoms with van der Waals surface area (Å²) >= 11 is 3.25. The fraction of sp³-hybridized carbons (Fsp3) is 0.182. The first-order valence-corrected chi connectivity index (χ1v) is 5.38. The van der Waals surface area contributed by atoms with Crippen LogP contribution in [-0.2, 0) is 0 Å². The summed E-state index contributed by atoms with van der Waals surface area (Å²) in [5.41, 5.74) is 8.09. The van der Waals surface area contributed by atoms with Crippen molar-refractivity contribution in [2.24, 2.45) is 5.73 Å². The number of hydrogen-bond acceptors (Lipinski definition) is 3. The number of rotatable bonds is 2. The summed E-state index contributed by atoms with van der Waals surface area (Å²) in [7, 11) is 0. The molecule has 0 aliphatic carbocycles. The molecule has 0 aromatic carbocycles. The normalized spacial score (nSPS) is 12.7. The van der Waals surface area contributed by atoms with E-state index < -0.39 is 0 Å². The van der Waals surface area contributed by atoms with Gasteiger partial charge in [0, 0.05) is 12.4 Å². The Balaban J connectivity index is 2.32. The molecule has 0 fully saturated rings. The monoisotopic (exact) mass is 266 g/mol. The van der Waals surface area contributed by atoms with Crippen LogP contribution in [-0.4, -0.2) is 4.98 Å². The number of nitrogens with two attached hydrogens (primary N) is 1. The molecule has 0 saturated heterocycles. The number of pyridine rings is 1. The van der Waals surface area contributed by atoms with Crippen LogP contribution in [0.2, 0.25) is 0 Å². The van der Waals surface area contributed by atoms with E-state index in [4.69, 9.17) is 10.2 Å². The Kier molecular flexibility index (Phi) is 2.88. The van der Waals surface area contributed by atoms with Crippen LogP contribution in [0, 0.1) is 6.92 Å². The van der Waals surface area contributed by atoms with Gasteiger partial charge in [-0.25, -0.2) is 0 Å². The number of halogens is 1. The smallest absolute Gasteiger partial charge is 0.169 e. The maximum absolute atomic E-state index is 6.04. The molecule has 2 rings (SSSR count). The van der Waals surface area contributed by atoms with E-state index in [2.05, 4.69) is 20.9 Å². The van der Waals surface area contributed by atoms with Gasteiger partial charge in [0.05, 0.1) is 6.04 Å². The molecule has 0 radical (unpaired) electrons. The SMILES string of the molecule is Cc1cncc(C(N)c2ccc(Br)o2)c1. The predicted molar refractivity (Wildman–Crippen MR) is 61.4 cm³/mol. The molecule has 4 heteroatoms. The Labute approximate surface area is 96.4 Å². The zero-order chi connectivity index (χ0) is 10.8. The Morgan fingerprint density at radius 1 is 1.40 bits per heavy atom. The van der Waals surface area contributed by atoms with Crippen molar-refractivity contribution in [3.05, 3.63) is 52.1 Å². The van der Waals surface area contributed by atoms with Crippen molar-refractivity contribution in [3.8, 4) is 0 Å². The number of nitrogens with zero attached hydrogens (tertiary/aromatic N) is 1. The van der Waals surface area contributed by atoms with Crippen molar-refractivity contribution in [1.82, 2.24) is 4.98 Å². The third kappa shape index (κ3) is 2.27. The van der Waals surface area contributed by atoms with Crippen LogP contribution in [0.3, 0.4) is 0 Å². The highest BCUT2D eigenvalue weighted by Crippen LogP contribution is 2.23. The molecule has 0 amide bonds. The molecule has 78 valence electrons. The quantitative estimate of drug-likeness (QED) is 0.910. The third-order valence-electron chi connectivity index (χ3n) is 2.16. The van der Waals surface area contributed by atoms with Gasteiger partial charge in [0.25, 0.3) is 0 Å². The van der Waals surface area contributed by atoms with Crippen LogP contribution in [0.1, 0.15) is 22.9 Å². The molecule has 0 saturated carbocycles. The average Bonchev–Trinajstić information content (AvgIpc) is 2.64. The van der Waals surface area contributed by atoms with E-state index in [0.717, 1.165) is 16.9 Å². The van der Waals surface area contributed by atoms with Crippen molar-refractivity contribution < 1.29 is 4.42 Å². The van der Waals surface area contributed by atoms with E-state index in [-0.39, 0.29) is 6.04 Å². The van der Waals surface area contributed by atoms with Gasteiger partial charge in [0.1, 0.15) is 5.76 Å². The van der Waals surface area contributed by atoms with Gasteiger partial charge in [-0.15, -0.1) is 0 Å². The van der Waals surface area contributed by atoms with Crippen molar-refractivity contribution in [1.29, 1.82) is 0 Å². The molecule has 1 unspecified atom stereocenters. The van der Waals surface area contributed by atoms with Crippen LogP contribution in [0.15, 0.2) is 39.7 Å². The van der Waals surface area contributed by atoms with Gasteiger partial charge in [0.2, 0.25) is 0 Å². The summed E-state index contributed by atoms with van der Waals surface area (Å²) in [6.07, 6.45) is 3.56. The Hall–Kier alpha value is -1.13. The van der Waals surface area contributed by atoms with Crippen molar-refractivity contribution in [2.45, 2.75) is 13.0 Å². The topological polar surface area (TPSA) is 52.0 Å². The highest BCUT2D eigenvalue weighted by molar-refractivity contribution is 9.10. The lowest BCUT2D eigenvalue weighted by atomic mass is 10.1. The molecule has 0 aliphatic rings. The fourth-order valence-corrected chi connectivity index (χ4v) is 1.73. The van der Waals surface area contributed by atoms with Gasteiger partial charge >= 0.3 is 0 Å². The highest BCUT2D eigenvalue weighted by Gasteiger charge is 2.13. The number of furan rings is 1. The zero-order valence-corrected chi connectivity index (χ0v) is 9.86. The highest BCUT2D eigenvalue weighted by atomic mass is 79.9. The van der Waals surface area contributed by atoms with Crippen LogP contribution < -0.4 is 5.73 Å². The number of hydrogen-bond donors (Lipinski definition) is 1. The average molecular weight is 267 g/mol. The largest absolute Gasteiger partial charge is 0.452 e. The summed E-state index contributed by atoms with van der Waals surface area (Å²) in [5, 5.41) is 0. The van der Waals surface area contributed by atoms with E-state index in [1.807, 2.05) is 25.1 Å². The molecular formula is C11H11BrN2O. The molecule has 1 atom stereocenters. The minimum Gasteiger partial charge on any atom is -0.452 e. The van der Waals surface area contributed by atoms with Crippen molar-refractivity contribution in [3.63, 3.8) is 0 Å². The van der Waals surface area contributed by atoms with Gasteiger partial charge in [-0.1, -0.05) is 6.07 Å². The minimum atomic E-state index is -0.260. The second-order valence-electron chi connectivity index (χ2n) is 3.42. The summed E-state index contributed by atoms with van der Waals surface area (Å²) in [4.78, 5) is 4.10. The van der Waals surface area contributed by atoms with E-state index in [9.17, 15) is 0 Å². The van der Waals surface area contributed by atoms with Gasteiger partial charge in [-0.3, -0.25) is 4.98 Å². The molecule has 3 nitrogen and oxygen atoms in total. The van der Waals surface area contributed by atoms with E-state index in [0.29, 0.717) is 4.67 Å². The second-order valence-corrected chi connectivity index (χ2v) is 4.20. The van der Waals surface area contributed by atoms with Gasteiger partial charge < -0.3 is 10.2 Å². The van der Waals surface area contributed by atoms with Crippen LogP contribution in [0.25, 0.3) is 0 Å². The molecule has 0 spiro atoms. The molecule has 2 aromatic heterocycles. The maximum atomic E-state index is 6.04. The molecule has 0 bridgehead atoms. The lowest BCUT2D eigenvalue weighted by molar-refractivity contribution is 0.470. The molecule has 0 aliphatic heterocycles. The first-order valence-electron chi connectivity index (χ1n) is 4.59. The van der Waals surface area contributed by atoms with E-state index in [1.165, 1.54) is 0 Å².